The number of likely N-dealkylation sites (tertiary alicyclic amines) is 1. The highest BCUT2D eigenvalue weighted by atomic mass is 16.6. The first kappa shape index (κ1) is 25.4. The molecule has 7 rings (SSSR count). The fraction of sp³-hybridized carbons (Fsp3) is 0.400. The van der Waals surface area contributed by atoms with Crippen LogP contribution in [0.1, 0.15) is 25.7 Å². The topological polar surface area (TPSA) is 113 Å². The van der Waals surface area contributed by atoms with Gasteiger partial charge in [-0.15, -0.1) is 0 Å². The number of nitrogens with one attached hydrogen (secondary N) is 1. The molecule has 2 aliphatic heterocycles. The van der Waals surface area contributed by atoms with Gasteiger partial charge in [0.05, 0.1) is 25.3 Å². The molecule has 2 aromatic heterocycles. The second-order valence-electron chi connectivity index (χ2n) is 10.6. The van der Waals surface area contributed by atoms with E-state index in [-0.39, 0.29) is 17.9 Å². The van der Waals surface area contributed by atoms with E-state index in [1.807, 2.05) is 45.9 Å². The fourth-order valence-electron chi connectivity index (χ4n) is 5.62. The molecule has 1 saturated heterocycles. The number of carbonyl (C=O) groups is 1. The number of amides is 1. The number of nitrogens with zero attached hydrogens (tertiary/aromatic N) is 5. The summed E-state index contributed by atoms with van der Waals surface area (Å²) in [5.41, 5.74) is 2.37. The molecule has 1 atom stereocenters. The zero-order valence-electron chi connectivity index (χ0n) is 23.1. The van der Waals surface area contributed by atoms with Crippen molar-refractivity contribution in [1.29, 1.82) is 0 Å². The van der Waals surface area contributed by atoms with Crippen molar-refractivity contribution >= 4 is 22.9 Å². The van der Waals surface area contributed by atoms with Gasteiger partial charge in [0.25, 0.3) is 0 Å². The Hall–Kier alpha value is -4.54. The first-order valence-electron chi connectivity index (χ1n) is 14.0. The molecule has 3 aliphatic rings. The monoisotopic (exact) mass is 556 g/mol. The minimum absolute atomic E-state index is 0.0860. The molecule has 0 radical (unpaired) electrons. The lowest BCUT2D eigenvalue weighted by Gasteiger charge is -2.33. The zero-order chi connectivity index (χ0) is 27.9. The molecule has 11 heteroatoms. The van der Waals surface area contributed by atoms with E-state index in [0.29, 0.717) is 60.3 Å². The summed E-state index contributed by atoms with van der Waals surface area (Å²) in [6.45, 7) is 2.50. The van der Waals surface area contributed by atoms with E-state index >= 15 is 0 Å². The number of methoxy groups -OCH3 is 2. The summed E-state index contributed by atoms with van der Waals surface area (Å²) in [5, 5.41) is 3.49. The average Bonchev–Trinajstić information content (AvgIpc) is 3.80. The van der Waals surface area contributed by atoms with E-state index in [0.717, 1.165) is 48.8 Å². The Morgan fingerprint density at radius 2 is 1.78 bits per heavy atom. The second-order valence-corrected chi connectivity index (χ2v) is 10.6. The second kappa shape index (κ2) is 10.5. The molecule has 0 spiro atoms. The van der Waals surface area contributed by atoms with Gasteiger partial charge in [0, 0.05) is 48.9 Å². The molecule has 0 bridgehead atoms. The van der Waals surface area contributed by atoms with Crippen molar-refractivity contribution in [3.05, 3.63) is 42.6 Å². The van der Waals surface area contributed by atoms with Crippen molar-refractivity contribution < 1.29 is 23.7 Å². The number of hydrogen-bond donors (Lipinski definition) is 1. The maximum Gasteiger partial charge on any atom is 0.225 e. The van der Waals surface area contributed by atoms with Gasteiger partial charge < -0.3 is 29.2 Å². The summed E-state index contributed by atoms with van der Waals surface area (Å²) >= 11 is 0. The van der Waals surface area contributed by atoms with Crippen LogP contribution in [0.3, 0.4) is 0 Å². The number of anilines is 1. The number of ether oxygens (including phenoxy) is 4. The van der Waals surface area contributed by atoms with E-state index in [1.54, 1.807) is 20.4 Å². The molecule has 2 fully saturated rings. The van der Waals surface area contributed by atoms with Gasteiger partial charge in [-0.2, -0.15) is 4.98 Å². The van der Waals surface area contributed by atoms with Gasteiger partial charge in [-0.25, -0.2) is 9.97 Å². The third-order valence-corrected chi connectivity index (χ3v) is 7.82. The normalized spacial score (nSPS) is 18.3. The van der Waals surface area contributed by atoms with Crippen LogP contribution >= 0.6 is 0 Å². The predicted molar refractivity (Wildman–Crippen MR) is 152 cm³/mol. The third kappa shape index (κ3) is 4.85. The Balaban J connectivity index is 1.28. The molecule has 1 N–H and O–H groups in total. The molecule has 1 saturated carbocycles. The van der Waals surface area contributed by atoms with E-state index in [2.05, 4.69) is 10.3 Å². The van der Waals surface area contributed by atoms with Gasteiger partial charge in [-0.3, -0.25) is 9.36 Å². The van der Waals surface area contributed by atoms with Crippen LogP contribution in [0.4, 0.5) is 5.95 Å². The maximum absolute atomic E-state index is 12.7. The van der Waals surface area contributed by atoms with E-state index in [4.69, 9.17) is 28.9 Å². The Morgan fingerprint density at radius 1 is 0.976 bits per heavy atom. The summed E-state index contributed by atoms with van der Waals surface area (Å²) in [7, 11) is 3.22. The number of imidazole rings is 1. The summed E-state index contributed by atoms with van der Waals surface area (Å²) in [6.07, 6.45) is 5.67. The maximum atomic E-state index is 12.7. The van der Waals surface area contributed by atoms with Gasteiger partial charge in [-0.05, 0) is 49.9 Å². The van der Waals surface area contributed by atoms with Gasteiger partial charge >= 0.3 is 0 Å². The molecule has 41 heavy (non-hydrogen) atoms. The third-order valence-electron chi connectivity index (χ3n) is 7.82. The molecule has 2 aromatic carbocycles. The molecule has 1 aliphatic carbocycles. The molecule has 4 aromatic rings. The van der Waals surface area contributed by atoms with Crippen LogP contribution in [0, 0.1) is 5.92 Å². The van der Waals surface area contributed by atoms with Crippen molar-refractivity contribution in [1.82, 2.24) is 24.4 Å². The summed E-state index contributed by atoms with van der Waals surface area (Å²) in [4.78, 5) is 29.1. The summed E-state index contributed by atoms with van der Waals surface area (Å²) in [6, 6.07) is 11.5. The number of fused-ring (bicyclic) bond motifs is 2. The molecule has 4 heterocycles. The molecular formula is C30H32N6O5. The average molecular weight is 557 g/mol. The largest absolute Gasteiger partial charge is 0.493 e. The van der Waals surface area contributed by atoms with Crippen molar-refractivity contribution in [2.24, 2.45) is 5.92 Å². The minimum Gasteiger partial charge on any atom is -0.493 e. The highest BCUT2D eigenvalue weighted by Crippen LogP contribution is 2.39. The number of piperidine rings is 1. The summed E-state index contributed by atoms with van der Waals surface area (Å²) in [5.74, 6) is 4.89. The number of hydrogen-bond acceptors (Lipinski definition) is 9. The predicted octanol–water partition coefficient (Wildman–Crippen LogP) is 4.08. The summed E-state index contributed by atoms with van der Waals surface area (Å²) < 4.78 is 24.8. The number of benzene rings is 2. The van der Waals surface area contributed by atoms with E-state index in [9.17, 15) is 4.79 Å². The van der Waals surface area contributed by atoms with E-state index in [1.165, 1.54) is 0 Å². The zero-order valence-corrected chi connectivity index (χ0v) is 23.1. The Labute approximate surface area is 237 Å². The number of carbonyl (C=O) groups excluding carboxylic acids is 1. The van der Waals surface area contributed by atoms with Crippen LogP contribution in [0.5, 0.6) is 23.0 Å². The fourth-order valence-corrected chi connectivity index (χ4v) is 5.62. The number of rotatable bonds is 7. The SMILES string of the molecule is COc1cc2nc(-c3ccc4c(c3)OCCO4)n(-c3ccnc(N[C@@H]4CCCN(C(=O)C5CC5)C4)n3)c2cc1OC. The molecule has 11 nitrogen and oxygen atoms in total. The van der Waals surface area contributed by atoms with Crippen LogP contribution in [0.25, 0.3) is 28.2 Å². The van der Waals surface area contributed by atoms with Crippen LogP contribution in [0.2, 0.25) is 0 Å². The minimum atomic E-state index is 0.0860. The van der Waals surface area contributed by atoms with Gasteiger partial charge in [0.2, 0.25) is 11.9 Å². The quantitative estimate of drug-likeness (QED) is 0.360. The van der Waals surface area contributed by atoms with Crippen molar-refractivity contribution in [3.63, 3.8) is 0 Å². The van der Waals surface area contributed by atoms with Crippen LogP contribution in [0.15, 0.2) is 42.6 Å². The molecule has 212 valence electrons. The van der Waals surface area contributed by atoms with Gasteiger partial charge in [0.15, 0.2) is 23.0 Å². The first-order valence-corrected chi connectivity index (χ1v) is 14.0. The highest BCUT2D eigenvalue weighted by Gasteiger charge is 2.35. The van der Waals surface area contributed by atoms with Crippen molar-refractivity contribution in [2.75, 3.05) is 45.8 Å². The van der Waals surface area contributed by atoms with Crippen molar-refractivity contribution in [3.8, 4) is 40.2 Å². The van der Waals surface area contributed by atoms with Gasteiger partial charge in [0.1, 0.15) is 24.9 Å². The first-order chi connectivity index (χ1) is 20.1. The lowest BCUT2D eigenvalue weighted by molar-refractivity contribution is -0.133. The number of aromatic nitrogens is 4. The molecular weight excluding hydrogens is 524 g/mol. The smallest absolute Gasteiger partial charge is 0.225 e. The highest BCUT2D eigenvalue weighted by molar-refractivity contribution is 5.86. The molecule has 0 unspecified atom stereocenters. The lowest BCUT2D eigenvalue weighted by atomic mass is 10.1. The van der Waals surface area contributed by atoms with Crippen molar-refractivity contribution in [2.45, 2.75) is 31.7 Å². The van der Waals surface area contributed by atoms with Gasteiger partial charge in [-0.1, -0.05) is 0 Å². The van der Waals surface area contributed by atoms with Crippen LogP contribution in [-0.4, -0.2) is 76.9 Å². The lowest BCUT2D eigenvalue weighted by Crippen LogP contribution is -2.45. The Bertz CT molecular complexity index is 1620. The van der Waals surface area contributed by atoms with Crippen LogP contribution < -0.4 is 24.3 Å². The molecule has 1 amide bonds. The van der Waals surface area contributed by atoms with E-state index < -0.39 is 0 Å². The standard InChI is InChI=1S/C30H32N6O5/c1-38-24-15-21-22(16-25(24)39-2)36(28(33-21)19-7-8-23-26(14-19)41-13-12-40-23)27-9-10-31-30(34-27)32-20-4-3-11-35(17-20)29(37)18-5-6-18/h7-10,14-16,18,20H,3-6,11-13,17H2,1-2H3,(H,31,32,34)/t20-/m1/s1. The van der Waals surface area contributed by atoms with Crippen LogP contribution in [-0.2, 0) is 4.79 Å². The Kier molecular flexibility index (Phi) is 6.49. The Morgan fingerprint density at radius 3 is 2.59 bits per heavy atom.